The molecule has 0 aromatic heterocycles. The van der Waals surface area contributed by atoms with Crippen molar-refractivity contribution in [2.75, 3.05) is 0 Å². The van der Waals surface area contributed by atoms with E-state index in [1.165, 1.54) is 0 Å². The first-order valence-electron chi connectivity index (χ1n) is 2.79. The molecule has 0 aliphatic heterocycles. The van der Waals surface area contributed by atoms with E-state index >= 15 is 0 Å². The van der Waals surface area contributed by atoms with Gasteiger partial charge in [0.1, 0.15) is 0 Å². The minimum atomic E-state index is -2.92. The minimum absolute atomic E-state index is 0. The molecule has 0 unspecified atom stereocenters. The SMILES string of the molecule is O=C(OF)C(=O)OF.[Mg+2].[Mg+2].[Mg+2].[O-]B([O-])[O-].[O-]B([O-])[O-]. The standard InChI is InChI=1S/C2F2O4.2BO3.3Mg/c3-7-1(5)2(6)8-4;2*2-1(3)4;;;/q;2*-3;3*+2. The van der Waals surface area contributed by atoms with Crippen LogP contribution in [0.3, 0.4) is 0 Å². The van der Waals surface area contributed by atoms with Crippen molar-refractivity contribution in [2.24, 2.45) is 0 Å². The third-order valence-electron chi connectivity index (χ3n) is 0.307. The van der Waals surface area contributed by atoms with Crippen LogP contribution in [0.15, 0.2) is 0 Å². The van der Waals surface area contributed by atoms with Gasteiger partial charge in [-0.1, -0.05) is 0 Å². The molecule has 17 heteroatoms. The van der Waals surface area contributed by atoms with Crippen molar-refractivity contribution in [1.82, 2.24) is 0 Å². The third kappa shape index (κ3) is 67.8. The molecule has 0 bridgehead atoms. The topological polar surface area (TPSA) is 191 Å². The normalized spacial score (nSPS) is 6.11. The van der Waals surface area contributed by atoms with Crippen LogP contribution in [0.4, 0.5) is 9.05 Å². The van der Waals surface area contributed by atoms with Crippen LogP contribution in [-0.4, -0.2) is 95.7 Å². The maximum Gasteiger partial charge on any atom is 2.00 e. The molecule has 94 valence electrons. The van der Waals surface area contributed by atoms with Crippen molar-refractivity contribution in [3.63, 3.8) is 0 Å². The Morgan fingerprint density at radius 1 is 0.684 bits per heavy atom. The molecule has 0 saturated carbocycles. The summed E-state index contributed by atoms with van der Waals surface area (Å²) < 4.78 is 21.0. The summed E-state index contributed by atoms with van der Waals surface area (Å²) in [6, 6.07) is 0. The minimum Gasteiger partial charge on any atom is -0.907 e. The van der Waals surface area contributed by atoms with Crippen LogP contribution in [-0.2, 0) is 19.5 Å². The molecule has 0 N–H and O–H groups in total. The van der Waals surface area contributed by atoms with E-state index in [0.717, 1.165) is 0 Å². The van der Waals surface area contributed by atoms with Crippen LogP contribution in [0.5, 0.6) is 0 Å². The van der Waals surface area contributed by atoms with E-state index in [-0.39, 0.29) is 69.2 Å². The molecule has 0 aromatic carbocycles. The quantitative estimate of drug-likeness (QED) is 0.306. The number of hydrogen-bond acceptors (Lipinski definition) is 10. The first kappa shape index (κ1) is 36.8. The van der Waals surface area contributed by atoms with Gasteiger partial charge in [-0.15, -0.1) is 0 Å². The van der Waals surface area contributed by atoms with E-state index in [4.69, 9.17) is 30.1 Å². The monoisotopic (exact) mass is 316 g/mol. The van der Waals surface area contributed by atoms with Gasteiger partial charge in [0.15, 0.2) is 0 Å². The van der Waals surface area contributed by atoms with Gasteiger partial charge in [-0.25, -0.2) is 19.5 Å². The van der Waals surface area contributed by atoms with Gasteiger partial charge in [-0.3, -0.25) is 14.6 Å². The molecule has 0 rings (SSSR count). The second kappa shape index (κ2) is 27.4. The molecule has 0 saturated heterocycles. The Balaban J connectivity index is -0.0000000337. The largest absolute Gasteiger partial charge is 2.00 e. The van der Waals surface area contributed by atoms with Gasteiger partial charge >= 0.3 is 81.1 Å². The fraction of sp³-hybridized carbons (Fsp3) is 0. The Kier molecular flexibility index (Phi) is 53.0. The third-order valence-corrected chi connectivity index (χ3v) is 0.307. The fourth-order valence-electron chi connectivity index (χ4n) is 0.0630. The van der Waals surface area contributed by atoms with Gasteiger partial charge in [0, 0.05) is 9.05 Å². The van der Waals surface area contributed by atoms with Crippen LogP contribution in [0, 0.1) is 0 Å². The van der Waals surface area contributed by atoms with Gasteiger partial charge in [0.2, 0.25) is 0 Å². The molecule has 19 heavy (non-hydrogen) atoms. The number of halogens is 2. The van der Waals surface area contributed by atoms with Crippen LogP contribution in [0.1, 0.15) is 0 Å². The predicted molar refractivity (Wildman–Crippen MR) is 43.2 cm³/mol. The van der Waals surface area contributed by atoms with Crippen molar-refractivity contribution in [3.05, 3.63) is 0 Å². The van der Waals surface area contributed by atoms with Crippen LogP contribution < -0.4 is 30.1 Å². The molecule has 0 amide bonds. The van der Waals surface area contributed by atoms with E-state index in [9.17, 15) is 18.6 Å². The van der Waals surface area contributed by atoms with E-state index in [2.05, 4.69) is 9.88 Å². The van der Waals surface area contributed by atoms with Crippen LogP contribution in [0.25, 0.3) is 0 Å². The summed E-state index contributed by atoms with van der Waals surface area (Å²) >= 11 is 0. The summed E-state index contributed by atoms with van der Waals surface area (Å²) in [4.78, 5) is 23.4. The molecule has 0 aromatic rings. The molecule has 0 heterocycles. The van der Waals surface area contributed by atoms with E-state index < -0.39 is 26.6 Å². The van der Waals surface area contributed by atoms with Gasteiger partial charge in [0.25, 0.3) is 0 Å². The maximum absolute atomic E-state index is 10.5. The Labute approximate surface area is 153 Å². The van der Waals surface area contributed by atoms with Crippen molar-refractivity contribution in [3.8, 4) is 0 Å². The summed E-state index contributed by atoms with van der Waals surface area (Å²) in [6.07, 6.45) is 0. The molecule has 0 aliphatic rings. The second-order valence-electron chi connectivity index (χ2n) is 1.31. The zero-order valence-electron chi connectivity index (χ0n) is 9.11. The summed E-state index contributed by atoms with van der Waals surface area (Å²) in [5, 5.41) is 50.5. The Hall–Kier alpha value is 0.989. The van der Waals surface area contributed by atoms with Crippen molar-refractivity contribution in [1.29, 1.82) is 0 Å². The first-order chi connectivity index (χ1) is 7.18. The molecule has 10 nitrogen and oxygen atoms in total. The summed E-state index contributed by atoms with van der Waals surface area (Å²) in [5.74, 6) is -4.04. The predicted octanol–water partition coefficient (Wildman–Crippen LogP) is -9.20. The molecule has 0 fully saturated rings. The zero-order valence-corrected chi connectivity index (χ0v) is 13.4. The van der Waals surface area contributed by atoms with Gasteiger partial charge in [-0.2, -0.15) is 0 Å². The summed E-state index contributed by atoms with van der Waals surface area (Å²) in [6.45, 7) is 0. The average molecular weight is 317 g/mol. The molecular weight excluding hydrogens is 317 g/mol. The molecular formula is C2B2F2Mg3O10. The zero-order chi connectivity index (χ0) is 13.7. The summed E-state index contributed by atoms with van der Waals surface area (Å²) in [7, 11) is -5.83. The molecule has 0 aliphatic carbocycles. The van der Waals surface area contributed by atoms with Gasteiger partial charge in [0.05, 0.1) is 0 Å². The summed E-state index contributed by atoms with van der Waals surface area (Å²) in [5.41, 5.74) is 0. The molecule has 0 atom stereocenters. The fourth-order valence-corrected chi connectivity index (χ4v) is 0.0630. The van der Waals surface area contributed by atoms with Gasteiger partial charge < -0.3 is 30.1 Å². The Morgan fingerprint density at radius 2 is 0.789 bits per heavy atom. The number of rotatable bonds is 0. The molecule has 0 spiro atoms. The van der Waals surface area contributed by atoms with Crippen molar-refractivity contribution < 1.29 is 58.7 Å². The van der Waals surface area contributed by atoms with Crippen molar-refractivity contribution >= 4 is 95.7 Å². The number of carbonyl (C=O) groups excluding carboxylic acids is 2. The Bertz CT molecular complexity index is 172. The average Bonchev–Trinajstić information content (AvgIpc) is 2.13. The van der Waals surface area contributed by atoms with Crippen LogP contribution in [0.2, 0.25) is 0 Å². The van der Waals surface area contributed by atoms with E-state index in [1.54, 1.807) is 0 Å². The number of carbonyl (C=O) groups is 2. The number of hydrogen-bond donors (Lipinski definition) is 0. The first-order valence-corrected chi connectivity index (χ1v) is 2.79. The second-order valence-corrected chi connectivity index (χ2v) is 1.31. The van der Waals surface area contributed by atoms with Crippen LogP contribution >= 0.6 is 0 Å². The maximum atomic E-state index is 10.5. The molecule has 0 radical (unpaired) electrons. The Morgan fingerprint density at radius 3 is 0.842 bits per heavy atom. The van der Waals surface area contributed by atoms with Gasteiger partial charge in [-0.05, 0) is 0 Å². The van der Waals surface area contributed by atoms with E-state index in [1.807, 2.05) is 0 Å². The van der Waals surface area contributed by atoms with E-state index in [0.29, 0.717) is 0 Å². The van der Waals surface area contributed by atoms with Crippen molar-refractivity contribution in [2.45, 2.75) is 0 Å². The smallest absolute Gasteiger partial charge is 0.907 e.